The first-order valence-corrected chi connectivity index (χ1v) is 5.66. The molecule has 1 saturated heterocycles. The summed E-state index contributed by atoms with van der Waals surface area (Å²) >= 11 is 0. The maximum atomic E-state index is 6.08. The lowest BCUT2D eigenvalue weighted by Crippen LogP contribution is -2.44. The molecule has 2 bridgehead atoms. The lowest BCUT2D eigenvalue weighted by atomic mass is 9.71. The summed E-state index contributed by atoms with van der Waals surface area (Å²) in [6.07, 6.45) is 1.21. The van der Waals surface area contributed by atoms with Crippen LogP contribution in [0.1, 0.15) is 20.3 Å². The molecule has 2 fully saturated rings. The molecule has 0 amide bonds. The molecule has 0 aromatic heterocycles. The molecule has 1 aliphatic carbocycles. The van der Waals surface area contributed by atoms with Crippen molar-refractivity contribution in [1.82, 2.24) is 0 Å². The van der Waals surface area contributed by atoms with E-state index in [4.69, 9.17) is 14.2 Å². The zero-order valence-electron chi connectivity index (χ0n) is 10.4. The van der Waals surface area contributed by atoms with Crippen LogP contribution in [0.25, 0.3) is 0 Å². The Balaban J connectivity index is 2.31. The molecule has 86 valence electrons. The SMILES string of the molecule is B[C@@H]1O[C@@]2(COC)CC(C)(C)C1C2OC. The summed E-state index contributed by atoms with van der Waals surface area (Å²) in [7, 11) is 5.66. The highest BCUT2D eigenvalue weighted by Crippen LogP contribution is 2.58. The van der Waals surface area contributed by atoms with E-state index in [1.165, 1.54) is 0 Å². The summed E-state index contributed by atoms with van der Waals surface area (Å²) in [5, 5.41) is 0. The van der Waals surface area contributed by atoms with Crippen LogP contribution in [0, 0.1) is 11.3 Å². The zero-order valence-corrected chi connectivity index (χ0v) is 10.4. The second kappa shape index (κ2) is 3.47. The van der Waals surface area contributed by atoms with Crippen molar-refractivity contribution in [2.75, 3.05) is 20.8 Å². The van der Waals surface area contributed by atoms with Crippen LogP contribution in [0.5, 0.6) is 0 Å². The summed E-state index contributed by atoms with van der Waals surface area (Å²) in [5.74, 6) is 0.484. The molecule has 0 spiro atoms. The zero-order chi connectivity index (χ0) is 11.3. The van der Waals surface area contributed by atoms with Gasteiger partial charge in [0.2, 0.25) is 0 Å². The minimum atomic E-state index is -0.211. The van der Waals surface area contributed by atoms with Gasteiger partial charge in [-0.25, -0.2) is 0 Å². The van der Waals surface area contributed by atoms with Gasteiger partial charge in [0.15, 0.2) is 0 Å². The van der Waals surface area contributed by atoms with Crippen LogP contribution >= 0.6 is 0 Å². The summed E-state index contributed by atoms with van der Waals surface area (Å²) in [4.78, 5) is 0. The van der Waals surface area contributed by atoms with E-state index in [1.54, 1.807) is 14.2 Å². The largest absolute Gasteiger partial charge is 0.382 e. The second-order valence-corrected chi connectivity index (χ2v) is 5.67. The molecule has 0 aromatic rings. The van der Waals surface area contributed by atoms with Gasteiger partial charge in [0.05, 0.1) is 12.7 Å². The van der Waals surface area contributed by atoms with E-state index in [9.17, 15) is 0 Å². The number of hydrogen-bond donors (Lipinski definition) is 0. The monoisotopic (exact) mass is 212 g/mol. The van der Waals surface area contributed by atoms with Crippen molar-refractivity contribution in [3.63, 3.8) is 0 Å². The van der Waals surface area contributed by atoms with Crippen LogP contribution in [-0.2, 0) is 14.2 Å². The maximum Gasteiger partial charge on any atom is 0.139 e. The van der Waals surface area contributed by atoms with Crippen molar-refractivity contribution in [2.24, 2.45) is 11.3 Å². The molecular formula is C11H21BO3. The Kier molecular flexibility index (Phi) is 2.65. The number of ether oxygens (including phenoxy) is 3. The van der Waals surface area contributed by atoms with Crippen LogP contribution < -0.4 is 0 Å². The van der Waals surface area contributed by atoms with Gasteiger partial charge < -0.3 is 14.2 Å². The first kappa shape index (κ1) is 11.4. The fraction of sp³-hybridized carbons (Fsp3) is 1.00. The highest BCUT2D eigenvalue weighted by molar-refractivity contribution is 6.11. The Labute approximate surface area is 92.9 Å². The van der Waals surface area contributed by atoms with Crippen molar-refractivity contribution in [3.8, 4) is 0 Å². The van der Waals surface area contributed by atoms with Crippen molar-refractivity contribution in [2.45, 2.75) is 38.0 Å². The number of hydrogen-bond acceptors (Lipinski definition) is 3. The van der Waals surface area contributed by atoms with Crippen molar-refractivity contribution in [3.05, 3.63) is 0 Å². The Morgan fingerprint density at radius 2 is 2.07 bits per heavy atom. The van der Waals surface area contributed by atoms with Gasteiger partial charge in [-0.05, 0) is 11.8 Å². The third kappa shape index (κ3) is 1.46. The standard InChI is InChI=1S/C11H21BO3/c1-10(2)5-11(6-13-3)8(14-4)7(10)9(12)15-11/h7-9H,5-6,12H2,1-4H3/t7?,8?,9-,11-/m1/s1. The molecule has 4 heteroatoms. The average molecular weight is 212 g/mol. The quantitative estimate of drug-likeness (QED) is 0.634. The molecule has 1 aliphatic heterocycles. The van der Waals surface area contributed by atoms with Gasteiger partial charge in [-0.2, -0.15) is 0 Å². The van der Waals surface area contributed by atoms with Crippen LogP contribution in [0.2, 0.25) is 0 Å². The van der Waals surface area contributed by atoms with Crippen LogP contribution in [0.15, 0.2) is 0 Å². The fourth-order valence-electron chi connectivity index (χ4n) is 3.93. The van der Waals surface area contributed by atoms with Gasteiger partial charge >= 0.3 is 0 Å². The maximum absolute atomic E-state index is 6.08. The Morgan fingerprint density at radius 3 is 2.53 bits per heavy atom. The van der Waals surface area contributed by atoms with Crippen LogP contribution in [0.3, 0.4) is 0 Å². The van der Waals surface area contributed by atoms with Gasteiger partial charge in [-0.1, -0.05) is 13.8 Å². The molecular weight excluding hydrogens is 191 g/mol. The predicted molar refractivity (Wildman–Crippen MR) is 60.7 cm³/mol. The van der Waals surface area contributed by atoms with Crippen LogP contribution in [-0.4, -0.2) is 46.4 Å². The number of rotatable bonds is 3. The topological polar surface area (TPSA) is 27.7 Å². The van der Waals surface area contributed by atoms with E-state index in [2.05, 4.69) is 21.7 Å². The third-order valence-electron chi connectivity index (χ3n) is 4.07. The molecule has 0 N–H and O–H groups in total. The van der Waals surface area contributed by atoms with E-state index >= 15 is 0 Å². The predicted octanol–water partition coefficient (Wildman–Crippen LogP) is 0.422. The first-order chi connectivity index (χ1) is 6.97. The fourth-order valence-corrected chi connectivity index (χ4v) is 3.93. The normalized spacial score (nSPS) is 47.3. The minimum Gasteiger partial charge on any atom is -0.382 e. The lowest BCUT2D eigenvalue weighted by molar-refractivity contribution is -0.127. The van der Waals surface area contributed by atoms with Gasteiger partial charge in [0, 0.05) is 26.1 Å². The molecule has 3 nitrogen and oxygen atoms in total. The Morgan fingerprint density at radius 1 is 1.40 bits per heavy atom. The highest BCUT2D eigenvalue weighted by atomic mass is 16.6. The Bertz CT molecular complexity index is 256. The number of methoxy groups -OCH3 is 2. The molecule has 1 heterocycles. The highest BCUT2D eigenvalue weighted by Gasteiger charge is 2.66. The molecule has 15 heavy (non-hydrogen) atoms. The summed E-state index contributed by atoms with van der Waals surface area (Å²) in [6, 6.07) is 0.272. The molecule has 1 saturated carbocycles. The second-order valence-electron chi connectivity index (χ2n) is 5.67. The van der Waals surface area contributed by atoms with Gasteiger partial charge in [-0.15, -0.1) is 0 Å². The average Bonchev–Trinajstić information content (AvgIpc) is 2.48. The molecule has 0 radical (unpaired) electrons. The summed E-state index contributed by atoms with van der Waals surface area (Å²) in [5.41, 5.74) is 0.0773. The van der Waals surface area contributed by atoms with Crippen molar-refractivity contribution in [1.29, 1.82) is 0 Å². The smallest absolute Gasteiger partial charge is 0.139 e. The number of fused-ring (bicyclic) bond motifs is 2. The van der Waals surface area contributed by atoms with Gasteiger partial charge in [0.1, 0.15) is 13.4 Å². The first-order valence-electron chi connectivity index (χ1n) is 5.66. The summed E-state index contributed by atoms with van der Waals surface area (Å²) in [6.45, 7) is 5.25. The summed E-state index contributed by atoms with van der Waals surface area (Å²) < 4.78 is 17.0. The van der Waals surface area contributed by atoms with Crippen molar-refractivity contribution >= 4 is 7.85 Å². The molecule has 2 aliphatic rings. The Hall–Kier alpha value is -0.0551. The van der Waals surface area contributed by atoms with E-state index in [1.807, 2.05) is 0 Å². The van der Waals surface area contributed by atoms with E-state index < -0.39 is 0 Å². The molecule has 0 aromatic carbocycles. The third-order valence-corrected chi connectivity index (χ3v) is 4.07. The molecule has 2 rings (SSSR count). The molecule has 2 unspecified atom stereocenters. The van der Waals surface area contributed by atoms with E-state index in [-0.39, 0.29) is 23.1 Å². The van der Waals surface area contributed by atoms with Gasteiger partial charge in [-0.3, -0.25) is 0 Å². The van der Waals surface area contributed by atoms with E-state index in [0.29, 0.717) is 12.5 Å². The van der Waals surface area contributed by atoms with Crippen molar-refractivity contribution < 1.29 is 14.2 Å². The molecule has 4 atom stereocenters. The lowest BCUT2D eigenvalue weighted by Gasteiger charge is -2.37. The van der Waals surface area contributed by atoms with Gasteiger partial charge in [0.25, 0.3) is 0 Å². The minimum absolute atomic E-state index is 0.183. The van der Waals surface area contributed by atoms with Crippen LogP contribution in [0.4, 0.5) is 0 Å². The van der Waals surface area contributed by atoms with E-state index in [0.717, 1.165) is 6.42 Å².